The molecule has 0 radical (unpaired) electrons. The van der Waals surface area contributed by atoms with Crippen LogP contribution < -0.4 is 14.8 Å². The van der Waals surface area contributed by atoms with E-state index in [1.807, 2.05) is 49.4 Å². The average molecular weight is 359 g/mol. The van der Waals surface area contributed by atoms with Crippen LogP contribution in [0.2, 0.25) is 5.02 Å². The summed E-state index contributed by atoms with van der Waals surface area (Å²) in [6, 6.07) is 12.7. The zero-order valence-corrected chi connectivity index (χ0v) is 15.0. The lowest BCUT2D eigenvalue weighted by Gasteiger charge is -2.18. The number of nitrogens with one attached hydrogen (secondary N) is 2. The summed E-state index contributed by atoms with van der Waals surface area (Å²) in [7, 11) is 3.19. The minimum absolute atomic E-state index is 0.279. The number of para-hydroxylation sites is 1. The van der Waals surface area contributed by atoms with Crippen molar-refractivity contribution in [1.29, 1.82) is 0 Å². The largest absolute Gasteiger partial charge is 0.497 e. The SMILES string of the molecule is COc1ccc(OC)c(C(C)NC(=O)c2[nH]c3ccccc3c2Cl)c1. The summed E-state index contributed by atoms with van der Waals surface area (Å²) in [5, 5.41) is 4.19. The summed E-state index contributed by atoms with van der Waals surface area (Å²) in [4.78, 5) is 15.7. The van der Waals surface area contributed by atoms with Crippen LogP contribution in [0.4, 0.5) is 0 Å². The number of fused-ring (bicyclic) bond motifs is 1. The molecule has 0 saturated carbocycles. The van der Waals surface area contributed by atoms with Gasteiger partial charge >= 0.3 is 0 Å². The molecule has 1 amide bonds. The van der Waals surface area contributed by atoms with Crippen LogP contribution in [0.25, 0.3) is 10.9 Å². The third kappa shape index (κ3) is 3.28. The van der Waals surface area contributed by atoms with Crippen LogP contribution in [0.15, 0.2) is 42.5 Å². The predicted molar refractivity (Wildman–Crippen MR) is 98.7 cm³/mol. The summed E-state index contributed by atoms with van der Waals surface area (Å²) < 4.78 is 10.6. The number of rotatable bonds is 5. The van der Waals surface area contributed by atoms with Crippen LogP contribution in [0, 0.1) is 0 Å². The number of H-pyrrole nitrogens is 1. The quantitative estimate of drug-likeness (QED) is 0.713. The zero-order valence-electron chi connectivity index (χ0n) is 14.2. The molecule has 3 rings (SSSR count). The Bertz CT molecular complexity index is 920. The highest BCUT2D eigenvalue weighted by molar-refractivity contribution is 6.38. The van der Waals surface area contributed by atoms with E-state index in [2.05, 4.69) is 10.3 Å². The van der Waals surface area contributed by atoms with Crippen molar-refractivity contribution >= 4 is 28.4 Å². The third-order valence-corrected chi connectivity index (χ3v) is 4.51. The number of hydrogen-bond donors (Lipinski definition) is 2. The van der Waals surface area contributed by atoms with Crippen molar-refractivity contribution in [1.82, 2.24) is 10.3 Å². The molecule has 0 spiro atoms. The lowest BCUT2D eigenvalue weighted by atomic mass is 10.1. The normalized spacial score (nSPS) is 12.0. The van der Waals surface area contributed by atoms with E-state index in [1.54, 1.807) is 14.2 Å². The van der Waals surface area contributed by atoms with Gasteiger partial charge in [0.2, 0.25) is 0 Å². The fraction of sp³-hybridized carbons (Fsp3) is 0.211. The number of halogens is 1. The fourth-order valence-corrected chi connectivity index (χ4v) is 3.09. The van der Waals surface area contributed by atoms with Gasteiger partial charge in [0.05, 0.1) is 25.3 Å². The minimum atomic E-state index is -0.292. The van der Waals surface area contributed by atoms with Gasteiger partial charge in [0.25, 0.3) is 5.91 Å². The molecule has 130 valence electrons. The Morgan fingerprint density at radius 3 is 2.60 bits per heavy atom. The van der Waals surface area contributed by atoms with E-state index < -0.39 is 0 Å². The molecular weight excluding hydrogens is 340 g/mol. The molecule has 0 aliphatic carbocycles. The van der Waals surface area contributed by atoms with Crippen LogP contribution in [-0.2, 0) is 0 Å². The standard InChI is InChI=1S/C19H19ClN2O3/c1-11(14-10-12(24-2)8-9-16(14)25-3)21-19(23)18-17(20)13-6-4-5-7-15(13)22-18/h4-11,22H,1-3H3,(H,21,23). The number of carbonyl (C=O) groups excluding carboxylic acids is 1. The Morgan fingerprint density at radius 1 is 1.16 bits per heavy atom. The van der Waals surface area contributed by atoms with Crippen molar-refractivity contribution in [2.75, 3.05) is 14.2 Å². The van der Waals surface area contributed by atoms with E-state index >= 15 is 0 Å². The van der Waals surface area contributed by atoms with Crippen molar-refractivity contribution in [2.24, 2.45) is 0 Å². The Kier molecular flexibility index (Phi) is 4.86. The molecule has 1 heterocycles. The minimum Gasteiger partial charge on any atom is -0.497 e. The monoisotopic (exact) mass is 358 g/mol. The second-order valence-electron chi connectivity index (χ2n) is 5.66. The molecule has 0 aliphatic rings. The van der Waals surface area contributed by atoms with Gasteiger partial charge in [-0.1, -0.05) is 29.8 Å². The first kappa shape index (κ1) is 17.2. The van der Waals surface area contributed by atoms with Gasteiger partial charge in [-0.05, 0) is 31.2 Å². The van der Waals surface area contributed by atoms with Gasteiger partial charge in [0, 0.05) is 16.5 Å². The van der Waals surface area contributed by atoms with Crippen molar-refractivity contribution < 1.29 is 14.3 Å². The van der Waals surface area contributed by atoms with Crippen LogP contribution in [0.1, 0.15) is 29.0 Å². The number of methoxy groups -OCH3 is 2. The van der Waals surface area contributed by atoms with Crippen LogP contribution in [0.3, 0.4) is 0 Å². The summed E-state index contributed by atoms with van der Waals surface area (Å²) in [5.41, 5.74) is 1.99. The van der Waals surface area contributed by atoms with E-state index in [0.717, 1.165) is 16.5 Å². The summed E-state index contributed by atoms with van der Waals surface area (Å²) in [6.07, 6.45) is 0. The van der Waals surface area contributed by atoms with Gasteiger partial charge < -0.3 is 19.8 Å². The topological polar surface area (TPSA) is 63.4 Å². The van der Waals surface area contributed by atoms with Crippen molar-refractivity contribution in [2.45, 2.75) is 13.0 Å². The van der Waals surface area contributed by atoms with Gasteiger partial charge in [-0.15, -0.1) is 0 Å². The van der Waals surface area contributed by atoms with Crippen molar-refractivity contribution in [3.05, 3.63) is 58.7 Å². The zero-order chi connectivity index (χ0) is 18.0. The van der Waals surface area contributed by atoms with Gasteiger partial charge in [0.15, 0.2) is 0 Å². The Labute approximate surface area is 150 Å². The van der Waals surface area contributed by atoms with E-state index in [9.17, 15) is 4.79 Å². The molecule has 5 nitrogen and oxygen atoms in total. The second-order valence-corrected chi connectivity index (χ2v) is 6.04. The molecule has 1 unspecified atom stereocenters. The number of carbonyl (C=O) groups is 1. The Morgan fingerprint density at radius 2 is 1.92 bits per heavy atom. The molecule has 2 N–H and O–H groups in total. The molecule has 1 atom stereocenters. The third-order valence-electron chi connectivity index (χ3n) is 4.12. The van der Waals surface area contributed by atoms with Gasteiger partial charge in [0.1, 0.15) is 17.2 Å². The highest BCUT2D eigenvalue weighted by Gasteiger charge is 2.20. The molecule has 6 heteroatoms. The van der Waals surface area contributed by atoms with E-state index in [4.69, 9.17) is 21.1 Å². The van der Waals surface area contributed by atoms with Crippen molar-refractivity contribution in [3.8, 4) is 11.5 Å². The first-order chi connectivity index (χ1) is 12.0. The summed E-state index contributed by atoms with van der Waals surface area (Å²) in [5.74, 6) is 1.09. The fourth-order valence-electron chi connectivity index (χ4n) is 2.79. The van der Waals surface area contributed by atoms with Crippen LogP contribution in [-0.4, -0.2) is 25.1 Å². The second kappa shape index (κ2) is 7.07. The molecular formula is C19H19ClN2O3. The molecule has 0 saturated heterocycles. The molecule has 2 aromatic carbocycles. The number of benzene rings is 2. The van der Waals surface area contributed by atoms with E-state index in [1.165, 1.54) is 0 Å². The van der Waals surface area contributed by atoms with Gasteiger partial charge in [-0.2, -0.15) is 0 Å². The number of aromatic amines is 1. The lowest BCUT2D eigenvalue weighted by molar-refractivity contribution is 0.0935. The predicted octanol–water partition coefficient (Wildman–Crippen LogP) is 4.33. The van der Waals surface area contributed by atoms with Crippen molar-refractivity contribution in [3.63, 3.8) is 0 Å². The average Bonchev–Trinajstić information content (AvgIpc) is 2.98. The molecule has 0 bridgehead atoms. The van der Waals surface area contributed by atoms with Crippen LogP contribution in [0.5, 0.6) is 11.5 Å². The maximum absolute atomic E-state index is 12.7. The molecule has 1 aromatic heterocycles. The summed E-state index contributed by atoms with van der Waals surface area (Å²) in [6.45, 7) is 1.88. The highest BCUT2D eigenvalue weighted by atomic mass is 35.5. The first-order valence-electron chi connectivity index (χ1n) is 7.84. The molecule has 0 fully saturated rings. The molecule has 25 heavy (non-hydrogen) atoms. The highest BCUT2D eigenvalue weighted by Crippen LogP contribution is 2.31. The smallest absolute Gasteiger partial charge is 0.269 e. The maximum atomic E-state index is 12.7. The Hall–Kier alpha value is -2.66. The molecule has 3 aromatic rings. The number of hydrogen-bond acceptors (Lipinski definition) is 3. The Balaban J connectivity index is 1.88. The first-order valence-corrected chi connectivity index (χ1v) is 8.22. The van der Waals surface area contributed by atoms with E-state index in [0.29, 0.717) is 22.2 Å². The maximum Gasteiger partial charge on any atom is 0.269 e. The number of aromatic nitrogens is 1. The number of amides is 1. The van der Waals surface area contributed by atoms with Gasteiger partial charge in [-0.3, -0.25) is 4.79 Å². The molecule has 0 aliphatic heterocycles. The summed E-state index contributed by atoms with van der Waals surface area (Å²) >= 11 is 6.35. The lowest BCUT2D eigenvalue weighted by Crippen LogP contribution is -2.27. The number of ether oxygens (including phenoxy) is 2. The van der Waals surface area contributed by atoms with Gasteiger partial charge in [-0.25, -0.2) is 0 Å². The van der Waals surface area contributed by atoms with E-state index in [-0.39, 0.29) is 11.9 Å². The van der Waals surface area contributed by atoms with Crippen LogP contribution >= 0.6 is 11.6 Å².